The van der Waals surface area contributed by atoms with Crippen molar-refractivity contribution in [3.63, 3.8) is 0 Å². The van der Waals surface area contributed by atoms with Crippen LogP contribution in [0.25, 0.3) is 0 Å². The highest BCUT2D eigenvalue weighted by Gasteiger charge is 2.28. The molecule has 158 valence electrons. The number of rotatable bonds is 8. The average Bonchev–Trinajstić information content (AvgIpc) is 3.41. The predicted molar refractivity (Wildman–Crippen MR) is 115 cm³/mol. The smallest absolute Gasteiger partial charge is 0.220 e. The number of nitrogens with one attached hydrogen (secondary N) is 2. The van der Waals surface area contributed by atoms with E-state index < -0.39 is 0 Å². The maximum Gasteiger partial charge on any atom is 0.220 e. The first-order valence-corrected chi connectivity index (χ1v) is 11.8. The third-order valence-electron chi connectivity index (χ3n) is 6.16. The molecule has 2 saturated heterocycles. The fourth-order valence-electron chi connectivity index (χ4n) is 4.53. The molecular formula is C22H32N4O2S. The molecule has 2 fully saturated rings. The Hall–Kier alpha value is -1.70. The van der Waals surface area contributed by atoms with Gasteiger partial charge in [0.05, 0.1) is 18.8 Å². The van der Waals surface area contributed by atoms with E-state index >= 15 is 0 Å². The second-order valence-electron chi connectivity index (χ2n) is 8.40. The van der Waals surface area contributed by atoms with Crippen molar-refractivity contribution in [1.82, 2.24) is 20.7 Å². The van der Waals surface area contributed by atoms with Crippen LogP contribution in [0.3, 0.4) is 0 Å². The van der Waals surface area contributed by atoms with Crippen molar-refractivity contribution < 1.29 is 9.32 Å². The van der Waals surface area contributed by atoms with E-state index in [1.54, 1.807) is 11.3 Å². The number of nitrogens with zero attached hydrogens (tertiary/aromatic N) is 2. The van der Waals surface area contributed by atoms with E-state index in [0.717, 1.165) is 57.0 Å². The van der Waals surface area contributed by atoms with Crippen LogP contribution in [0.1, 0.15) is 48.4 Å². The summed E-state index contributed by atoms with van der Waals surface area (Å²) in [5.74, 6) is 1.93. The van der Waals surface area contributed by atoms with Gasteiger partial charge in [-0.05, 0) is 75.1 Å². The fourth-order valence-corrected chi connectivity index (χ4v) is 5.17. The average molecular weight is 417 g/mol. The number of aromatic nitrogens is 1. The molecule has 2 aromatic rings. The Labute approximate surface area is 177 Å². The van der Waals surface area contributed by atoms with Gasteiger partial charge in [-0.2, -0.15) is 0 Å². The van der Waals surface area contributed by atoms with Gasteiger partial charge >= 0.3 is 0 Å². The summed E-state index contributed by atoms with van der Waals surface area (Å²) in [6.07, 6.45) is 6.41. The number of thiophene rings is 1. The van der Waals surface area contributed by atoms with Crippen molar-refractivity contribution in [2.75, 3.05) is 26.2 Å². The molecule has 2 N–H and O–H groups in total. The minimum Gasteiger partial charge on any atom is -0.360 e. The highest BCUT2D eigenvalue weighted by atomic mass is 32.1. The lowest BCUT2D eigenvalue weighted by Gasteiger charge is -2.31. The Morgan fingerprint density at radius 1 is 1.31 bits per heavy atom. The first-order valence-electron chi connectivity index (χ1n) is 10.9. The maximum absolute atomic E-state index is 12.5. The predicted octanol–water partition coefficient (Wildman–Crippen LogP) is 3.20. The van der Waals surface area contributed by atoms with Gasteiger partial charge in [-0.15, -0.1) is 11.3 Å². The van der Waals surface area contributed by atoms with Crippen molar-refractivity contribution in [1.29, 1.82) is 0 Å². The van der Waals surface area contributed by atoms with Crippen LogP contribution in [-0.4, -0.2) is 42.1 Å². The normalized spacial score (nSPS) is 23.2. The molecule has 2 aliphatic heterocycles. The van der Waals surface area contributed by atoms with Gasteiger partial charge < -0.3 is 15.2 Å². The van der Waals surface area contributed by atoms with E-state index in [-0.39, 0.29) is 5.91 Å². The zero-order valence-corrected chi connectivity index (χ0v) is 17.9. The van der Waals surface area contributed by atoms with E-state index in [1.165, 1.54) is 24.1 Å². The van der Waals surface area contributed by atoms with Gasteiger partial charge in [-0.3, -0.25) is 9.69 Å². The van der Waals surface area contributed by atoms with E-state index in [4.69, 9.17) is 4.52 Å². The molecule has 1 amide bonds. The molecule has 2 aromatic heterocycles. The molecule has 29 heavy (non-hydrogen) atoms. The Kier molecular flexibility index (Phi) is 7.35. The summed E-state index contributed by atoms with van der Waals surface area (Å²) >= 11 is 1.68. The van der Waals surface area contributed by atoms with Gasteiger partial charge in [0.15, 0.2) is 5.76 Å². The third kappa shape index (κ3) is 6.14. The summed E-state index contributed by atoms with van der Waals surface area (Å²) in [5.41, 5.74) is 1.02. The lowest BCUT2D eigenvalue weighted by Crippen LogP contribution is -2.40. The van der Waals surface area contributed by atoms with E-state index in [9.17, 15) is 4.79 Å². The standard InChI is InChI=1S/C22H32N4O2S/c27-22(24-15-21-5-4-10-29-21)12-17-6-7-23-14-18(17)11-19-13-20(28-25-19)16-26-8-2-1-3-9-26/h4-5,10,13,17-18,23H,1-3,6-9,11-12,14-16H2,(H,24,27). The number of carbonyl (C=O) groups excluding carboxylic acids is 1. The first kappa shape index (κ1) is 20.6. The molecule has 6 nitrogen and oxygen atoms in total. The quantitative estimate of drug-likeness (QED) is 0.692. The third-order valence-corrected chi connectivity index (χ3v) is 7.04. The second kappa shape index (κ2) is 10.4. The molecule has 7 heteroatoms. The van der Waals surface area contributed by atoms with Crippen molar-refractivity contribution in [2.24, 2.45) is 11.8 Å². The summed E-state index contributed by atoms with van der Waals surface area (Å²) in [7, 11) is 0. The Balaban J connectivity index is 1.27. The molecule has 2 aliphatic rings. The van der Waals surface area contributed by atoms with Crippen molar-refractivity contribution in [3.05, 3.63) is 39.9 Å². The molecule has 0 aliphatic carbocycles. The van der Waals surface area contributed by atoms with Crippen LogP contribution in [0.15, 0.2) is 28.1 Å². The molecule has 0 bridgehead atoms. The zero-order chi connectivity index (χ0) is 19.9. The fraction of sp³-hybridized carbons (Fsp3) is 0.636. The summed E-state index contributed by atoms with van der Waals surface area (Å²) < 4.78 is 5.61. The van der Waals surface area contributed by atoms with Gasteiger partial charge in [0.1, 0.15) is 0 Å². The van der Waals surface area contributed by atoms with Crippen LogP contribution in [0.4, 0.5) is 0 Å². The molecule has 4 heterocycles. The van der Waals surface area contributed by atoms with Gasteiger partial charge in [-0.1, -0.05) is 17.6 Å². The second-order valence-corrected chi connectivity index (χ2v) is 9.43. The number of hydrogen-bond donors (Lipinski definition) is 2. The minimum atomic E-state index is 0.154. The zero-order valence-electron chi connectivity index (χ0n) is 17.1. The van der Waals surface area contributed by atoms with Gasteiger partial charge in [0.2, 0.25) is 5.91 Å². The first-order chi connectivity index (χ1) is 14.3. The van der Waals surface area contributed by atoms with Crippen molar-refractivity contribution in [2.45, 2.75) is 51.6 Å². The van der Waals surface area contributed by atoms with Crippen molar-refractivity contribution in [3.8, 4) is 0 Å². The molecule has 2 atom stereocenters. The molecule has 0 radical (unpaired) electrons. The Morgan fingerprint density at radius 3 is 3.03 bits per heavy atom. The number of carbonyl (C=O) groups is 1. The van der Waals surface area contributed by atoms with Gasteiger partial charge in [0, 0.05) is 17.4 Å². The van der Waals surface area contributed by atoms with Crippen LogP contribution in [0.5, 0.6) is 0 Å². The lowest BCUT2D eigenvalue weighted by atomic mass is 9.81. The summed E-state index contributed by atoms with van der Waals surface area (Å²) in [6, 6.07) is 6.20. The maximum atomic E-state index is 12.5. The largest absolute Gasteiger partial charge is 0.360 e. The van der Waals surface area contributed by atoms with Crippen LogP contribution < -0.4 is 10.6 Å². The minimum absolute atomic E-state index is 0.154. The number of amides is 1. The summed E-state index contributed by atoms with van der Waals surface area (Å²) in [4.78, 5) is 16.1. The van der Waals surface area contributed by atoms with E-state index in [1.807, 2.05) is 11.4 Å². The van der Waals surface area contributed by atoms with Gasteiger partial charge in [0.25, 0.3) is 0 Å². The van der Waals surface area contributed by atoms with Crippen molar-refractivity contribution >= 4 is 17.2 Å². The van der Waals surface area contributed by atoms with Crippen LogP contribution in [0, 0.1) is 11.8 Å². The molecule has 0 spiro atoms. The van der Waals surface area contributed by atoms with E-state index in [2.05, 4.69) is 32.8 Å². The highest BCUT2D eigenvalue weighted by molar-refractivity contribution is 7.09. The SMILES string of the molecule is O=C(CC1CCNCC1Cc1cc(CN2CCCCC2)on1)NCc1cccs1. The summed E-state index contributed by atoms with van der Waals surface area (Å²) in [6.45, 7) is 5.74. The van der Waals surface area contributed by atoms with E-state index in [0.29, 0.717) is 24.8 Å². The monoisotopic (exact) mass is 416 g/mol. The topological polar surface area (TPSA) is 70.4 Å². The van der Waals surface area contributed by atoms with Crippen LogP contribution in [0.2, 0.25) is 0 Å². The number of piperidine rings is 2. The molecule has 0 saturated carbocycles. The van der Waals surface area contributed by atoms with Crippen LogP contribution in [-0.2, 0) is 24.3 Å². The Morgan fingerprint density at radius 2 is 2.21 bits per heavy atom. The molecule has 2 unspecified atom stereocenters. The molecule has 0 aromatic carbocycles. The molecular weight excluding hydrogens is 384 g/mol. The Bertz CT molecular complexity index is 755. The molecule has 4 rings (SSSR count). The lowest BCUT2D eigenvalue weighted by molar-refractivity contribution is -0.122. The number of likely N-dealkylation sites (tertiary alicyclic amines) is 1. The van der Waals surface area contributed by atoms with Gasteiger partial charge in [-0.25, -0.2) is 0 Å². The summed E-state index contributed by atoms with van der Waals surface area (Å²) in [5, 5.41) is 12.9. The van der Waals surface area contributed by atoms with Crippen LogP contribution >= 0.6 is 11.3 Å². The number of hydrogen-bond acceptors (Lipinski definition) is 6. The highest BCUT2D eigenvalue weighted by Crippen LogP contribution is 2.26.